The van der Waals surface area contributed by atoms with Crippen LogP contribution in [-0.4, -0.2) is 44.8 Å². The van der Waals surface area contributed by atoms with Crippen LogP contribution >= 0.6 is 11.6 Å². The monoisotopic (exact) mass is 333 g/mol. The van der Waals surface area contributed by atoms with Crippen molar-refractivity contribution in [1.82, 2.24) is 14.7 Å². The lowest BCUT2D eigenvalue weighted by Crippen LogP contribution is -2.34. The lowest BCUT2D eigenvalue weighted by molar-refractivity contribution is -0.147. The Balaban J connectivity index is 1.77. The molecule has 1 aromatic heterocycles. The van der Waals surface area contributed by atoms with Crippen LogP contribution in [0.4, 0.5) is 0 Å². The van der Waals surface area contributed by atoms with Crippen LogP contribution in [0.1, 0.15) is 23.7 Å². The van der Waals surface area contributed by atoms with Crippen molar-refractivity contribution in [2.75, 3.05) is 13.1 Å². The van der Waals surface area contributed by atoms with Crippen molar-refractivity contribution >= 4 is 23.5 Å². The standard InChI is InChI=1S/C16H16ClN3O3/c1-16(15(22)23)6-7-19(10-16)14(21)11-8-18-20(9-11)13-4-2-12(17)3-5-13/h2-5,8-9H,6-7,10H2,1H3,(H,22,23)/t16-/m0/s1. The summed E-state index contributed by atoms with van der Waals surface area (Å²) in [6.07, 6.45) is 3.59. The van der Waals surface area contributed by atoms with E-state index in [4.69, 9.17) is 11.6 Å². The molecule has 1 N–H and O–H groups in total. The Morgan fingerprint density at radius 1 is 1.30 bits per heavy atom. The fourth-order valence-electron chi connectivity index (χ4n) is 2.66. The zero-order valence-corrected chi connectivity index (χ0v) is 13.3. The molecule has 23 heavy (non-hydrogen) atoms. The molecule has 0 saturated carbocycles. The molecule has 1 fully saturated rings. The average molecular weight is 334 g/mol. The fourth-order valence-corrected chi connectivity index (χ4v) is 2.79. The molecule has 0 aliphatic carbocycles. The van der Waals surface area contributed by atoms with Gasteiger partial charge in [0.05, 0.1) is 22.9 Å². The van der Waals surface area contributed by atoms with E-state index >= 15 is 0 Å². The Morgan fingerprint density at radius 2 is 2.00 bits per heavy atom. The highest BCUT2D eigenvalue weighted by Crippen LogP contribution is 2.31. The number of carboxylic acids is 1. The van der Waals surface area contributed by atoms with Crippen molar-refractivity contribution in [3.05, 3.63) is 47.2 Å². The minimum absolute atomic E-state index is 0.199. The van der Waals surface area contributed by atoms with Gasteiger partial charge in [0.15, 0.2) is 0 Å². The van der Waals surface area contributed by atoms with E-state index in [2.05, 4.69) is 5.10 Å². The smallest absolute Gasteiger partial charge is 0.311 e. The van der Waals surface area contributed by atoms with Gasteiger partial charge in [-0.05, 0) is 37.6 Å². The van der Waals surface area contributed by atoms with E-state index in [0.717, 1.165) is 5.69 Å². The van der Waals surface area contributed by atoms with Crippen molar-refractivity contribution in [2.24, 2.45) is 5.41 Å². The maximum absolute atomic E-state index is 12.5. The molecule has 7 heteroatoms. The van der Waals surface area contributed by atoms with Gasteiger partial charge in [0.25, 0.3) is 5.91 Å². The largest absolute Gasteiger partial charge is 0.481 e. The Morgan fingerprint density at radius 3 is 2.61 bits per heavy atom. The number of aromatic nitrogens is 2. The number of aliphatic carboxylic acids is 1. The number of halogens is 1. The van der Waals surface area contributed by atoms with Crippen molar-refractivity contribution in [2.45, 2.75) is 13.3 Å². The fraction of sp³-hybridized carbons (Fsp3) is 0.312. The van der Waals surface area contributed by atoms with E-state index in [1.807, 2.05) is 0 Å². The normalized spacial score (nSPS) is 20.7. The zero-order valence-electron chi connectivity index (χ0n) is 12.6. The molecule has 1 atom stereocenters. The third-order valence-electron chi connectivity index (χ3n) is 4.20. The van der Waals surface area contributed by atoms with Crippen molar-refractivity contribution < 1.29 is 14.7 Å². The lowest BCUT2D eigenvalue weighted by Gasteiger charge is -2.19. The summed E-state index contributed by atoms with van der Waals surface area (Å²) in [5.41, 5.74) is 0.363. The number of rotatable bonds is 3. The minimum Gasteiger partial charge on any atom is -0.481 e. The van der Waals surface area contributed by atoms with E-state index in [0.29, 0.717) is 23.6 Å². The van der Waals surface area contributed by atoms with Crippen molar-refractivity contribution in [1.29, 1.82) is 0 Å². The SMILES string of the molecule is C[C@]1(C(=O)O)CCN(C(=O)c2cnn(-c3ccc(Cl)cc3)c2)C1. The molecule has 0 radical (unpaired) electrons. The third kappa shape index (κ3) is 2.94. The van der Waals surface area contributed by atoms with Crippen LogP contribution in [0.5, 0.6) is 0 Å². The van der Waals surface area contributed by atoms with Gasteiger partial charge >= 0.3 is 5.97 Å². The second-order valence-corrected chi connectivity index (χ2v) is 6.43. The minimum atomic E-state index is -0.873. The molecule has 1 aliphatic heterocycles. The quantitative estimate of drug-likeness (QED) is 0.936. The summed E-state index contributed by atoms with van der Waals surface area (Å²) in [4.78, 5) is 25.4. The first-order chi connectivity index (χ1) is 10.9. The molecule has 0 bridgehead atoms. The number of hydrogen-bond acceptors (Lipinski definition) is 3. The summed E-state index contributed by atoms with van der Waals surface area (Å²) in [5, 5.41) is 14.1. The molecule has 1 aromatic carbocycles. The highest BCUT2D eigenvalue weighted by molar-refractivity contribution is 6.30. The molecule has 1 amide bonds. The van der Waals surface area contributed by atoms with Crippen LogP contribution in [0.15, 0.2) is 36.7 Å². The summed E-state index contributed by atoms with van der Waals surface area (Å²) < 4.78 is 1.59. The van der Waals surface area contributed by atoms with E-state index in [1.54, 1.807) is 47.0 Å². The Labute approximate surface area is 138 Å². The van der Waals surface area contributed by atoms with Crippen LogP contribution in [0.2, 0.25) is 5.02 Å². The predicted octanol–water partition coefficient (Wildman–Crippen LogP) is 2.46. The highest BCUT2D eigenvalue weighted by Gasteiger charge is 2.42. The number of carbonyl (C=O) groups is 2. The zero-order chi connectivity index (χ0) is 16.6. The van der Waals surface area contributed by atoms with E-state index in [1.165, 1.54) is 6.20 Å². The van der Waals surface area contributed by atoms with E-state index in [9.17, 15) is 14.7 Å². The second-order valence-electron chi connectivity index (χ2n) is 5.99. The van der Waals surface area contributed by atoms with Gasteiger partial charge in [0, 0.05) is 24.3 Å². The molecule has 1 aliphatic rings. The maximum atomic E-state index is 12.5. The van der Waals surface area contributed by atoms with Crippen LogP contribution in [-0.2, 0) is 4.79 Å². The maximum Gasteiger partial charge on any atom is 0.311 e. The van der Waals surface area contributed by atoms with Gasteiger partial charge < -0.3 is 10.0 Å². The summed E-state index contributed by atoms with van der Waals surface area (Å²) >= 11 is 5.85. The molecule has 1 saturated heterocycles. The number of carbonyl (C=O) groups excluding carboxylic acids is 1. The van der Waals surface area contributed by atoms with Crippen LogP contribution in [0, 0.1) is 5.41 Å². The summed E-state index contributed by atoms with van der Waals surface area (Å²) in [5.74, 6) is -1.07. The first-order valence-electron chi connectivity index (χ1n) is 7.22. The molecular weight excluding hydrogens is 318 g/mol. The van der Waals surface area contributed by atoms with Gasteiger partial charge in [-0.3, -0.25) is 9.59 Å². The number of likely N-dealkylation sites (tertiary alicyclic amines) is 1. The Hall–Kier alpha value is -2.34. The lowest BCUT2D eigenvalue weighted by atomic mass is 9.90. The second kappa shape index (κ2) is 5.70. The van der Waals surface area contributed by atoms with Crippen LogP contribution in [0.25, 0.3) is 5.69 Å². The molecule has 120 valence electrons. The number of carboxylic acid groups (broad SMARTS) is 1. The molecule has 2 heterocycles. The molecule has 6 nitrogen and oxygen atoms in total. The Kier molecular flexibility index (Phi) is 3.85. The van der Waals surface area contributed by atoms with Gasteiger partial charge in [-0.25, -0.2) is 4.68 Å². The molecule has 2 aromatic rings. The summed E-state index contributed by atoms with van der Waals surface area (Å²) in [7, 11) is 0. The number of benzene rings is 1. The topological polar surface area (TPSA) is 75.4 Å². The van der Waals surface area contributed by atoms with Gasteiger partial charge in [0.2, 0.25) is 0 Å². The molecule has 0 spiro atoms. The number of amides is 1. The Bertz CT molecular complexity index is 756. The van der Waals surface area contributed by atoms with Gasteiger partial charge in [0.1, 0.15) is 0 Å². The van der Waals surface area contributed by atoms with E-state index in [-0.39, 0.29) is 12.5 Å². The summed E-state index contributed by atoms with van der Waals surface area (Å²) in [6.45, 7) is 2.32. The highest BCUT2D eigenvalue weighted by atomic mass is 35.5. The van der Waals surface area contributed by atoms with Crippen LogP contribution in [0.3, 0.4) is 0 Å². The van der Waals surface area contributed by atoms with E-state index < -0.39 is 11.4 Å². The first kappa shape index (κ1) is 15.6. The van der Waals surface area contributed by atoms with Crippen molar-refractivity contribution in [3.63, 3.8) is 0 Å². The number of nitrogens with zero attached hydrogens (tertiary/aromatic N) is 3. The first-order valence-corrected chi connectivity index (χ1v) is 7.60. The molecule has 0 unspecified atom stereocenters. The molecule has 3 rings (SSSR count). The van der Waals surface area contributed by atoms with Gasteiger partial charge in [-0.15, -0.1) is 0 Å². The number of hydrogen-bond donors (Lipinski definition) is 1. The van der Waals surface area contributed by atoms with Gasteiger partial charge in [-0.1, -0.05) is 11.6 Å². The van der Waals surface area contributed by atoms with Crippen molar-refractivity contribution in [3.8, 4) is 5.69 Å². The van der Waals surface area contributed by atoms with Crippen LogP contribution < -0.4 is 0 Å². The average Bonchev–Trinajstić information content (AvgIpc) is 3.15. The predicted molar refractivity (Wildman–Crippen MR) is 84.8 cm³/mol. The molecular formula is C16H16ClN3O3. The third-order valence-corrected chi connectivity index (χ3v) is 4.45. The van der Waals surface area contributed by atoms with Gasteiger partial charge in [-0.2, -0.15) is 5.10 Å². The summed E-state index contributed by atoms with van der Waals surface area (Å²) in [6, 6.07) is 7.11.